The average molecular weight is 1400 g/mol. The van der Waals surface area contributed by atoms with Crippen molar-refractivity contribution in [2.75, 3.05) is 97.0 Å². The molecule has 1 aromatic rings. The summed E-state index contributed by atoms with van der Waals surface area (Å²) in [4.78, 5) is 52.4. The number of aliphatic hydroxyl groups excluding tert-OH is 10. The Balaban J connectivity index is 0.000000296. The SMILES string of the molecule is CNC(=O)CCSSCCC(=O)NC1C(OC2C(CO)OC(OC)C(N)C2O)OC(CO)C(C)C1O.COC1OC(CO)C(OC2OC(CO)C(C)C(O)C2NC(=O)CCS)C(O)C1N.NCC1C(CN)C(C(CO)NC(=O)CCSSc2ccccn2)C1CO. The van der Waals surface area contributed by atoms with E-state index >= 15 is 0 Å². The molecule has 4 saturated heterocycles. The van der Waals surface area contributed by atoms with E-state index in [0.29, 0.717) is 48.9 Å². The topological polar surface area (TPSA) is 510 Å². The molecular weight excluding hydrogens is 1300 g/mol. The molecule has 526 valence electrons. The molecule has 5 aliphatic rings. The van der Waals surface area contributed by atoms with Crippen LogP contribution in [-0.4, -0.2) is 293 Å². The lowest BCUT2D eigenvalue weighted by Gasteiger charge is -2.54. The number of methoxy groups -OCH3 is 2. The summed E-state index contributed by atoms with van der Waals surface area (Å²) in [5.41, 5.74) is 23.5. The number of pyridine rings is 1. The number of nitrogens with one attached hydrogen (secondary N) is 4. The lowest BCUT2D eigenvalue weighted by Crippen LogP contribution is -2.67. The molecule has 1 aliphatic carbocycles. The summed E-state index contributed by atoms with van der Waals surface area (Å²) in [6.45, 7) is 2.26. The van der Waals surface area contributed by atoms with E-state index in [2.05, 4.69) is 38.9 Å². The number of carbonyl (C=O) groups is 4. The van der Waals surface area contributed by atoms with E-state index < -0.39 is 148 Å². The van der Waals surface area contributed by atoms with Gasteiger partial charge in [-0.1, -0.05) is 52.3 Å². The fraction of sp³-hybridized carbons (Fsp3) is 0.836. The predicted octanol–water partition coefficient (Wildman–Crippen LogP) is -5.45. The van der Waals surface area contributed by atoms with Crippen LogP contribution in [0.2, 0.25) is 0 Å². The molecule has 4 amide bonds. The Bertz CT molecular complexity index is 2240. The third kappa shape index (κ3) is 23.3. The second-order valence-corrected chi connectivity index (χ2v) is 27.9. The smallest absolute Gasteiger partial charge is 0.221 e. The highest BCUT2D eigenvalue weighted by atomic mass is 33.1. The summed E-state index contributed by atoms with van der Waals surface area (Å²) in [5, 5.41) is 113. The van der Waals surface area contributed by atoms with Crippen LogP contribution in [0.5, 0.6) is 0 Å². The summed E-state index contributed by atoms with van der Waals surface area (Å²) in [6, 6.07) is 1.35. The van der Waals surface area contributed by atoms with E-state index in [1.54, 1.807) is 37.9 Å². The predicted molar refractivity (Wildman–Crippen MR) is 341 cm³/mol. The van der Waals surface area contributed by atoms with Crippen LogP contribution in [0.4, 0.5) is 0 Å². The van der Waals surface area contributed by atoms with Crippen molar-refractivity contribution in [2.45, 2.75) is 161 Å². The number of hydrogen-bond acceptors (Lipinski definition) is 32. The van der Waals surface area contributed by atoms with E-state index in [9.17, 15) is 70.2 Å². The third-order valence-corrected chi connectivity index (χ3v) is 21.5. The molecule has 0 aromatic carbocycles. The monoisotopic (exact) mass is 1400 g/mol. The number of hydrogen-bond donors (Lipinski definition) is 19. The molecule has 5 fully saturated rings. The van der Waals surface area contributed by atoms with Gasteiger partial charge in [-0.3, -0.25) is 19.2 Å². The average Bonchev–Trinajstić information content (AvgIpc) is 0.786. The molecule has 1 aromatic heterocycles. The Labute approximate surface area is 551 Å². The van der Waals surface area contributed by atoms with Crippen LogP contribution in [0.25, 0.3) is 0 Å². The Morgan fingerprint density at radius 3 is 1.46 bits per heavy atom. The van der Waals surface area contributed by atoms with Gasteiger partial charge in [0.2, 0.25) is 23.6 Å². The first-order chi connectivity index (χ1) is 43.6. The van der Waals surface area contributed by atoms with Gasteiger partial charge in [0, 0.05) is 88.8 Å². The molecule has 0 bridgehead atoms. The maximum absolute atomic E-state index is 12.6. The zero-order valence-corrected chi connectivity index (χ0v) is 55.9. The largest absolute Gasteiger partial charge is 0.396 e. The molecule has 0 spiro atoms. The normalized spacial score (nSPS) is 35.8. The lowest BCUT2D eigenvalue weighted by molar-refractivity contribution is -0.323. The number of rotatable bonds is 32. The maximum Gasteiger partial charge on any atom is 0.221 e. The van der Waals surface area contributed by atoms with E-state index in [0.717, 1.165) is 5.03 Å². The Kier molecular flexibility index (Phi) is 38.0. The van der Waals surface area contributed by atoms with E-state index in [1.165, 1.54) is 46.6 Å². The van der Waals surface area contributed by atoms with Crippen molar-refractivity contribution in [2.24, 2.45) is 58.4 Å². The van der Waals surface area contributed by atoms with Gasteiger partial charge in [-0.2, -0.15) is 12.6 Å². The maximum atomic E-state index is 12.6. The highest BCUT2D eigenvalue weighted by Crippen LogP contribution is 2.47. The van der Waals surface area contributed by atoms with Gasteiger partial charge in [-0.25, -0.2) is 4.98 Å². The Hall–Kier alpha value is -2.10. The summed E-state index contributed by atoms with van der Waals surface area (Å²) < 4.78 is 44.7. The van der Waals surface area contributed by atoms with Crippen molar-refractivity contribution < 1.29 is 108 Å². The lowest BCUT2D eigenvalue weighted by atomic mass is 9.54. The van der Waals surface area contributed by atoms with Crippen molar-refractivity contribution in [3.8, 4) is 0 Å². The Morgan fingerprint density at radius 2 is 1.05 bits per heavy atom. The van der Waals surface area contributed by atoms with Gasteiger partial charge in [0.1, 0.15) is 53.7 Å². The molecule has 25 atom stereocenters. The molecule has 31 nitrogen and oxygen atoms in total. The second kappa shape index (κ2) is 42.6. The zero-order chi connectivity index (χ0) is 67.5. The molecule has 5 heterocycles. The van der Waals surface area contributed by atoms with Gasteiger partial charge in [0.25, 0.3) is 0 Å². The highest BCUT2D eigenvalue weighted by molar-refractivity contribution is 8.77. The Morgan fingerprint density at radius 1 is 0.604 bits per heavy atom. The summed E-state index contributed by atoms with van der Waals surface area (Å²) >= 11 is 4.02. The fourth-order valence-electron chi connectivity index (χ4n) is 11.3. The number of ether oxygens (including phenoxy) is 8. The molecule has 6 rings (SSSR count). The number of nitrogens with two attached hydrogens (primary N) is 4. The highest BCUT2D eigenvalue weighted by Gasteiger charge is 2.54. The number of amides is 4. The van der Waals surface area contributed by atoms with Crippen LogP contribution in [0, 0.1) is 35.5 Å². The molecule has 22 N–H and O–H groups in total. The van der Waals surface area contributed by atoms with Crippen LogP contribution in [0.1, 0.15) is 39.5 Å². The van der Waals surface area contributed by atoms with Gasteiger partial charge in [0.05, 0.1) is 75.6 Å². The first kappa shape index (κ1) is 81.3. The minimum Gasteiger partial charge on any atom is -0.396 e. The quantitative estimate of drug-likeness (QED) is 0.0182. The minimum atomic E-state index is -1.31. The minimum absolute atomic E-state index is 0.00796. The number of nitrogens with zero attached hydrogens (tertiary/aromatic N) is 1. The molecule has 4 aliphatic heterocycles. The van der Waals surface area contributed by atoms with Gasteiger partial charge < -0.3 is 133 Å². The number of aromatic nitrogens is 1. The first-order valence-corrected chi connectivity index (χ1v) is 35.5. The van der Waals surface area contributed by atoms with Crippen molar-refractivity contribution in [3.63, 3.8) is 0 Å². The van der Waals surface area contributed by atoms with E-state index in [-0.39, 0.29) is 80.0 Å². The molecule has 25 unspecified atom stereocenters. The van der Waals surface area contributed by atoms with Crippen LogP contribution in [0.3, 0.4) is 0 Å². The molecule has 1 saturated carbocycles. The van der Waals surface area contributed by atoms with Crippen LogP contribution in [-0.2, 0) is 57.1 Å². The second-order valence-electron chi connectivity index (χ2n) is 22.3. The number of aliphatic hydroxyl groups is 10. The van der Waals surface area contributed by atoms with Crippen LogP contribution >= 0.6 is 55.8 Å². The fourth-order valence-corrected chi connectivity index (χ4v) is 15.3. The van der Waals surface area contributed by atoms with Gasteiger partial charge >= 0.3 is 0 Å². The molecule has 36 heteroatoms. The number of thiol groups is 1. The third-order valence-electron chi connectivity index (χ3n) is 16.6. The summed E-state index contributed by atoms with van der Waals surface area (Å²) in [7, 11) is 10.3. The summed E-state index contributed by atoms with van der Waals surface area (Å²) in [5.74, 6) is 0.314. The molecule has 0 radical (unpaired) electrons. The van der Waals surface area contributed by atoms with E-state index in [4.69, 9.17) is 60.8 Å². The van der Waals surface area contributed by atoms with Crippen LogP contribution in [0.15, 0.2) is 29.4 Å². The summed E-state index contributed by atoms with van der Waals surface area (Å²) in [6.07, 6.45) is -12.4. The van der Waals surface area contributed by atoms with Crippen molar-refractivity contribution in [1.29, 1.82) is 0 Å². The van der Waals surface area contributed by atoms with Gasteiger partial charge in [0.15, 0.2) is 25.2 Å². The van der Waals surface area contributed by atoms with Crippen LogP contribution < -0.4 is 44.2 Å². The standard InChI is InChI=1S/C21H39N3O10S2.C17H28N4O3S2.C17H32N2O9S/c1-10-11(8-25)32-21(34-19-12(9-26)33-20(31-3)15(22)18(19)30)16(17(10)29)24-14(28)5-7-36-35-6-4-13(27)23-2;18-7-11-12(8-19)17(13(11)9-22)14(10-23)21-15(24)4-6-25-26-16-3-1-2-5-20-16;1-7-8(5-20)26-17(12(13(7)23)19-10(22)3-4-29)28-15-9(6-21)27-16(25-2)11(18)14(15)24/h10-12,15-21,25-26,29-30H,4-9,22H2,1-3H3,(H,23,27)(H,24,28);1-3,5,11-14,17,22-23H,4,6-10,18-19H2,(H,21,24);7-9,11-17,20-21,23-24,29H,3-6,18H2,1-2H3,(H,19,22). The molecule has 91 heavy (non-hydrogen) atoms. The van der Waals surface area contributed by atoms with Gasteiger partial charge in [-0.15, -0.1) is 0 Å². The van der Waals surface area contributed by atoms with Crippen molar-refractivity contribution in [1.82, 2.24) is 26.3 Å². The van der Waals surface area contributed by atoms with Crippen molar-refractivity contribution >= 4 is 79.4 Å². The van der Waals surface area contributed by atoms with Gasteiger partial charge in [-0.05, 0) is 65.4 Å². The number of carbonyl (C=O) groups excluding carboxylic acids is 4. The molecular formula is C55H99N9O22S5. The van der Waals surface area contributed by atoms with E-state index in [1.807, 2.05) is 18.2 Å². The first-order valence-electron chi connectivity index (χ1n) is 30.0. The zero-order valence-electron chi connectivity index (χ0n) is 51.8. The van der Waals surface area contributed by atoms with Crippen molar-refractivity contribution in [3.05, 3.63) is 24.4 Å².